The van der Waals surface area contributed by atoms with Crippen molar-refractivity contribution in [2.45, 2.75) is 30.5 Å². The molecule has 0 atom stereocenters. The summed E-state index contributed by atoms with van der Waals surface area (Å²) in [7, 11) is 0. The SMILES string of the molecule is Cc1cc(SCc2ccc(OCc3ccc(OC(F)(F)F)cc3)cc2)ccc1O. The summed E-state index contributed by atoms with van der Waals surface area (Å²) in [6.07, 6.45) is -4.70. The number of aromatic hydroxyl groups is 1. The van der Waals surface area contributed by atoms with Gasteiger partial charge in [-0.05, 0) is 66.1 Å². The van der Waals surface area contributed by atoms with Crippen LogP contribution in [0.4, 0.5) is 13.2 Å². The lowest BCUT2D eigenvalue weighted by molar-refractivity contribution is -0.274. The standard InChI is InChI=1S/C22H19F3O3S/c1-15-12-20(10-11-21(15)26)29-14-17-4-6-18(7-5-17)27-13-16-2-8-19(9-3-16)28-22(23,24)25/h2-12,26H,13-14H2,1H3. The van der Waals surface area contributed by atoms with Crippen LogP contribution in [0.1, 0.15) is 16.7 Å². The average Bonchev–Trinajstić information content (AvgIpc) is 2.68. The summed E-state index contributed by atoms with van der Waals surface area (Å²) in [6.45, 7) is 2.11. The third kappa shape index (κ3) is 6.64. The third-order valence-corrected chi connectivity index (χ3v) is 5.12. The van der Waals surface area contributed by atoms with Gasteiger partial charge in [-0.3, -0.25) is 0 Å². The molecular formula is C22H19F3O3S. The number of thioether (sulfide) groups is 1. The average molecular weight is 420 g/mol. The summed E-state index contributed by atoms with van der Waals surface area (Å²) in [5.41, 5.74) is 2.71. The highest BCUT2D eigenvalue weighted by molar-refractivity contribution is 7.98. The lowest BCUT2D eigenvalue weighted by atomic mass is 10.2. The molecule has 0 aliphatic rings. The summed E-state index contributed by atoms with van der Waals surface area (Å²) >= 11 is 1.67. The molecule has 29 heavy (non-hydrogen) atoms. The molecule has 3 aromatic carbocycles. The van der Waals surface area contributed by atoms with Gasteiger partial charge in [0.05, 0.1) is 0 Å². The molecule has 0 saturated carbocycles. The normalized spacial score (nSPS) is 11.3. The molecule has 0 radical (unpaired) electrons. The molecule has 0 unspecified atom stereocenters. The van der Waals surface area contributed by atoms with Crippen LogP contribution in [0.15, 0.2) is 71.6 Å². The molecule has 0 fully saturated rings. The van der Waals surface area contributed by atoms with E-state index in [1.807, 2.05) is 43.3 Å². The van der Waals surface area contributed by atoms with E-state index >= 15 is 0 Å². The molecule has 0 aliphatic heterocycles. The first-order valence-electron chi connectivity index (χ1n) is 8.77. The number of aryl methyl sites for hydroxylation is 1. The van der Waals surface area contributed by atoms with Crippen LogP contribution in [-0.4, -0.2) is 11.5 Å². The van der Waals surface area contributed by atoms with Crippen LogP contribution in [0.3, 0.4) is 0 Å². The highest BCUT2D eigenvalue weighted by Gasteiger charge is 2.30. The van der Waals surface area contributed by atoms with Crippen LogP contribution in [0.25, 0.3) is 0 Å². The first kappa shape index (κ1) is 20.9. The Morgan fingerprint density at radius 1 is 0.862 bits per heavy atom. The van der Waals surface area contributed by atoms with Gasteiger partial charge in [-0.1, -0.05) is 24.3 Å². The van der Waals surface area contributed by atoms with Crippen LogP contribution in [0, 0.1) is 6.92 Å². The Hall–Kier alpha value is -2.80. The molecule has 3 aromatic rings. The van der Waals surface area contributed by atoms with Crippen LogP contribution >= 0.6 is 11.8 Å². The fourth-order valence-corrected chi connectivity index (χ4v) is 3.47. The summed E-state index contributed by atoms with van der Waals surface area (Å²) in [5, 5.41) is 9.58. The van der Waals surface area contributed by atoms with Gasteiger partial charge in [0.2, 0.25) is 0 Å². The van der Waals surface area contributed by atoms with Crippen molar-refractivity contribution in [1.29, 1.82) is 0 Å². The number of halogens is 3. The van der Waals surface area contributed by atoms with E-state index in [1.54, 1.807) is 17.8 Å². The van der Waals surface area contributed by atoms with Crippen molar-refractivity contribution in [3.05, 3.63) is 83.4 Å². The predicted octanol–water partition coefficient (Wildman–Crippen LogP) is 6.47. The number of phenolic OH excluding ortho intramolecular Hbond substituents is 1. The van der Waals surface area contributed by atoms with Crippen molar-refractivity contribution >= 4 is 11.8 Å². The van der Waals surface area contributed by atoms with Crippen molar-refractivity contribution in [3.8, 4) is 17.2 Å². The number of alkyl halides is 3. The number of rotatable bonds is 7. The van der Waals surface area contributed by atoms with Gasteiger partial charge in [0.15, 0.2) is 0 Å². The number of hydrogen-bond donors (Lipinski definition) is 1. The van der Waals surface area contributed by atoms with Crippen molar-refractivity contribution < 1.29 is 27.8 Å². The maximum atomic E-state index is 12.2. The van der Waals surface area contributed by atoms with Crippen LogP contribution in [0.2, 0.25) is 0 Å². The van der Waals surface area contributed by atoms with E-state index in [2.05, 4.69) is 4.74 Å². The van der Waals surface area contributed by atoms with E-state index in [1.165, 1.54) is 24.3 Å². The molecule has 0 bridgehead atoms. The van der Waals surface area contributed by atoms with Gasteiger partial charge >= 0.3 is 6.36 Å². The smallest absolute Gasteiger partial charge is 0.508 e. The molecule has 0 heterocycles. The van der Waals surface area contributed by atoms with Gasteiger partial charge in [-0.2, -0.15) is 0 Å². The Labute approximate surface area is 171 Å². The number of hydrogen-bond acceptors (Lipinski definition) is 4. The van der Waals surface area contributed by atoms with E-state index in [0.717, 1.165) is 27.3 Å². The minimum atomic E-state index is -4.70. The Bertz CT molecular complexity index is 939. The molecule has 0 amide bonds. The van der Waals surface area contributed by atoms with Gasteiger partial charge < -0.3 is 14.6 Å². The van der Waals surface area contributed by atoms with Gasteiger partial charge in [-0.25, -0.2) is 0 Å². The Morgan fingerprint density at radius 3 is 2.10 bits per heavy atom. The highest BCUT2D eigenvalue weighted by Crippen LogP contribution is 2.28. The maximum Gasteiger partial charge on any atom is 0.573 e. The first-order valence-corrected chi connectivity index (χ1v) is 9.76. The van der Waals surface area contributed by atoms with E-state index in [0.29, 0.717) is 11.5 Å². The largest absolute Gasteiger partial charge is 0.573 e. The van der Waals surface area contributed by atoms with Gasteiger partial charge in [-0.15, -0.1) is 24.9 Å². The van der Waals surface area contributed by atoms with Crippen molar-refractivity contribution in [2.75, 3.05) is 0 Å². The molecule has 7 heteroatoms. The lowest BCUT2D eigenvalue weighted by Gasteiger charge is -2.10. The zero-order valence-electron chi connectivity index (χ0n) is 15.6. The Morgan fingerprint density at radius 2 is 1.48 bits per heavy atom. The second-order valence-corrected chi connectivity index (χ2v) is 7.41. The van der Waals surface area contributed by atoms with Crippen molar-refractivity contribution in [1.82, 2.24) is 0 Å². The van der Waals surface area contributed by atoms with E-state index < -0.39 is 6.36 Å². The Kier molecular flexibility index (Phi) is 6.59. The van der Waals surface area contributed by atoms with E-state index in [-0.39, 0.29) is 12.4 Å². The second-order valence-electron chi connectivity index (χ2n) is 6.36. The minimum absolute atomic E-state index is 0.243. The molecule has 1 N–H and O–H groups in total. The fraction of sp³-hybridized carbons (Fsp3) is 0.182. The molecule has 0 saturated heterocycles. The van der Waals surface area contributed by atoms with Crippen LogP contribution in [0.5, 0.6) is 17.2 Å². The highest BCUT2D eigenvalue weighted by atomic mass is 32.2. The number of benzene rings is 3. The number of ether oxygens (including phenoxy) is 2. The monoisotopic (exact) mass is 420 g/mol. The summed E-state index contributed by atoms with van der Waals surface area (Å²) in [5.74, 6) is 1.49. The lowest BCUT2D eigenvalue weighted by Crippen LogP contribution is -2.17. The molecule has 3 rings (SSSR count). The summed E-state index contributed by atoms with van der Waals surface area (Å²) in [4.78, 5) is 1.08. The summed E-state index contributed by atoms with van der Waals surface area (Å²) < 4.78 is 46.0. The van der Waals surface area contributed by atoms with Gasteiger partial charge in [0.1, 0.15) is 23.9 Å². The Balaban J connectivity index is 1.49. The first-order chi connectivity index (χ1) is 13.8. The predicted molar refractivity (Wildman–Crippen MR) is 106 cm³/mol. The molecule has 0 spiro atoms. The quantitative estimate of drug-likeness (QED) is 0.445. The molecule has 3 nitrogen and oxygen atoms in total. The molecular weight excluding hydrogens is 401 g/mol. The summed E-state index contributed by atoms with van der Waals surface area (Å²) in [6, 6.07) is 18.8. The van der Waals surface area contributed by atoms with Crippen molar-refractivity contribution in [3.63, 3.8) is 0 Å². The fourth-order valence-electron chi connectivity index (χ4n) is 2.52. The van der Waals surface area contributed by atoms with Gasteiger partial charge in [0, 0.05) is 10.6 Å². The van der Waals surface area contributed by atoms with E-state index in [4.69, 9.17) is 4.74 Å². The minimum Gasteiger partial charge on any atom is -0.508 e. The topological polar surface area (TPSA) is 38.7 Å². The molecule has 0 aromatic heterocycles. The van der Waals surface area contributed by atoms with Gasteiger partial charge in [0.25, 0.3) is 0 Å². The third-order valence-electron chi connectivity index (χ3n) is 4.06. The zero-order chi connectivity index (χ0) is 20.9. The van der Waals surface area contributed by atoms with Crippen molar-refractivity contribution in [2.24, 2.45) is 0 Å². The molecule has 152 valence electrons. The zero-order valence-corrected chi connectivity index (χ0v) is 16.4. The van der Waals surface area contributed by atoms with Crippen LogP contribution in [-0.2, 0) is 12.4 Å². The number of phenols is 1. The maximum absolute atomic E-state index is 12.2. The second kappa shape index (κ2) is 9.13. The van der Waals surface area contributed by atoms with Crippen LogP contribution < -0.4 is 9.47 Å². The molecule has 0 aliphatic carbocycles. The van der Waals surface area contributed by atoms with E-state index in [9.17, 15) is 18.3 Å².